The molecule has 0 saturated carbocycles. The van der Waals surface area contributed by atoms with Crippen LogP contribution >= 0.6 is 0 Å². The zero-order valence-electron chi connectivity index (χ0n) is 15.2. The van der Waals surface area contributed by atoms with Gasteiger partial charge in [0.15, 0.2) is 5.88 Å². The lowest BCUT2D eigenvalue weighted by Crippen LogP contribution is -2.31. The number of para-hydroxylation sites is 2. The number of nitrogen functional groups attached to an aromatic ring is 1. The zero-order valence-corrected chi connectivity index (χ0v) is 15.2. The van der Waals surface area contributed by atoms with Crippen molar-refractivity contribution in [2.24, 2.45) is 0 Å². The molecule has 0 fully saturated rings. The van der Waals surface area contributed by atoms with E-state index < -0.39 is 0 Å². The molecule has 3 N–H and O–H groups in total. The first-order valence-corrected chi connectivity index (χ1v) is 8.39. The van der Waals surface area contributed by atoms with Crippen molar-refractivity contribution in [1.29, 1.82) is 0 Å². The summed E-state index contributed by atoms with van der Waals surface area (Å²) in [6, 6.07) is 8.27. The second-order valence-corrected chi connectivity index (χ2v) is 6.89. The van der Waals surface area contributed by atoms with E-state index in [1.54, 1.807) is 0 Å². The van der Waals surface area contributed by atoms with Crippen LogP contribution in [0.5, 0.6) is 5.75 Å². The third-order valence-electron chi connectivity index (χ3n) is 5.60. The average Bonchev–Trinajstić information content (AvgIpc) is 3.06. The van der Waals surface area contributed by atoms with Crippen LogP contribution in [0.3, 0.4) is 0 Å². The molecule has 0 spiro atoms. The standard InChI is InChI=1S/C20H23N3O2/c1-10-11(2)18-15(12(3)17(10)24)16(19(21)25-18)20-22(4)13-8-6-7-9-14(13)23(20)5/h6-9,20,24H,21H2,1-5H3. The lowest BCUT2D eigenvalue weighted by atomic mass is 9.97. The number of hydrogen-bond donors (Lipinski definition) is 2. The van der Waals surface area contributed by atoms with Crippen LogP contribution in [-0.2, 0) is 0 Å². The summed E-state index contributed by atoms with van der Waals surface area (Å²) in [5.41, 5.74) is 12.9. The first-order chi connectivity index (χ1) is 11.8. The fourth-order valence-corrected chi connectivity index (χ4v) is 4.07. The molecule has 5 heteroatoms. The summed E-state index contributed by atoms with van der Waals surface area (Å²) in [5.74, 6) is 0.718. The van der Waals surface area contributed by atoms with Crippen molar-refractivity contribution in [3.63, 3.8) is 0 Å². The Hall–Kier alpha value is -2.82. The molecule has 3 aromatic rings. The monoisotopic (exact) mass is 337 g/mol. The molecule has 0 amide bonds. The SMILES string of the molecule is Cc1c(O)c(C)c2c(C3N(C)c4ccccc4N3C)c(N)oc2c1C. The summed E-state index contributed by atoms with van der Waals surface area (Å²) in [6.45, 7) is 5.78. The van der Waals surface area contributed by atoms with Crippen molar-refractivity contribution in [1.82, 2.24) is 0 Å². The molecule has 25 heavy (non-hydrogen) atoms. The summed E-state index contributed by atoms with van der Waals surface area (Å²) < 4.78 is 5.97. The maximum Gasteiger partial charge on any atom is 0.198 e. The van der Waals surface area contributed by atoms with E-state index in [-0.39, 0.29) is 6.17 Å². The smallest absolute Gasteiger partial charge is 0.198 e. The van der Waals surface area contributed by atoms with Crippen molar-refractivity contribution in [3.8, 4) is 5.75 Å². The van der Waals surface area contributed by atoms with E-state index in [0.717, 1.165) is 44.6 Å². The topological polar surface area (TPSA) is 65.9 Å². The third kappa shape index (κ3) is 1.89. The van der Waals surface area contributed by atoms with Crippen LogP contribution in [-0.4, -0.2) is 19.2 Å². The van der Waals surface area contributed by atoms with E-state index in [9.17, 15) is 5.11 Å². The Balaban J connectivity index is 2.02. The summed E-state index contributed by atoms with van der Waals surface area (Å²) >= 11 is 0. The van der Waals surface area contributed by atoms with Crippen LogP contribution in [0, 0.1) is 20.8 Å². The molecular formula is C20H23N3O2. The number of fused-ring (bicyclic) bond motifs is 2. The van der Waals surface area contributed by atoms with Gasteiger partial charge in [0, 0.05) is 25.0 Å². The molecule has 0 atom stereocenters. The molecule has 0 saturated heterocycles. The number of furan rings is 1. The van der Waals surface area contributed by atoms with E-state index in [1.807, 2.05) is 32.9 Å². The molecule has 0 bridgehead atoms. The van der Waals surface area contributed by atoms with Gasteiger partial charge in [-0.3, -0.25) is 0 Å². The van der Waals surface area contributed by atoms with Crippen LogP contribution in [0.1, 0.15) is 28.4 Å². The van der Waals surface area contributed by atoms with Gasteiger partial charge in [0.05, 0.1) is 16.9 Å². The molecule has 4 rings (SSSR count). The van der Waals surface area contributed by atoms with E-state index in [4.69, 9.17) is 10.2 Å². The fourth-order valence-electron chi connectivity index (χ4n) is 4.07. The molecule has 130 valence electrons. The average molecular weight is 337 g/mol. The number of rotatable bonds is 1. The highest BCUT2D eigenvalue weighted by Crippen LogP contribution is 2.50. The molecule has 5 nitrogen and oxygen atoms in total. The Morgan fingerprint density at radius 3 is 2.08 bits per heavy atom. The normalized spacial score (nSPS) is 14.6. The van der Waals surface area contributed by atoms with E-state index in [0.29, 0.717) is 11.6 Å². The van der Waals surface area contributed by atoms with Crippen LogP contribution in [0.15, 0.2) is 28.7 Å². The van der Waals surface area contributed by atoms with Gasteiger partial charge in [0.25, 0.3) is 0 Å². The Labute approximate surface area is 147 Å². The van der Waals surface area contributed by atoms with Gasteiger partial charge in [0.1, 0.15) is 17.5 Å². The molecule has 0 unspecified atom stereocenters. The number of hydrogen-bond acceptors (Lipinski definition) is 5. The Morgan fingerprint density at radius 2 is 1.52 bits per heavy atom. The van der Waals surface area contributed by atoms with Gasteiger partial charge in [-0.05, 0) is 44.0 Å². The minimum absolute atomic E-state index is 0.0844. The van der Waals surface area contributed by atoms with Crippen molar-refractivity contribution in [2.75, 3.05) is 29.6 Å². The van der Waals surface area contributed by atoms with Gasteiger partial charge < -0.3 is 25.1 Å². The number of phenolic OH excluding ortho intramolecular Hbond substituents is 1. The minimum atomic E-state index is -0.0844. The second-order valence-electron chi connectivity index (χ2n) is 6.89. The predicted octanol–water partition coefficient (Wildman–Crippen LogP) is 4.23. The summed E-state index contributed by atoms with van der Waals surface area (Å²) in [5, 5.41) is 11.5. The van der Waals surface area contributed by atoms with Gasteiger partial charge in [0.2, 0.25) is 0 Å². The Morgan fingerprint density at radius 1 is 0.960 bits per heavy atom. The number of phenols is 1. The van der Waals surface area contributed by atoms with Crippen molar-refractivity contribution < 1.29 is 9.52 Å². The fraction of sp³-hybridized carbons (Fsp3) is 0.300. The largest absolute Gasteiger partial charge is 0.507 e. The van der Waals surface area contributed by atoms with Gasteiger partial charge in [-0.25, -0.2) is 0 Å². The first-order valence-electron chi connectivity index (χ1n) is 8.39. The minimum Gasteiger partial charge on any atom is -0.507 e. The quantitative estimate of drug-likeness (QED) is 0.695. The Kier molecular flexibility index (Phi) is 3.19. The second kappa shape index (κ2) is 5.09. The predicted molar refractivity (Wildman–Crippen MR) is 102 cm³/mol. The summed E-state index contributed by atoms with van der Waals surface area (Å²) in [7, 11) is 4.11. The lowest BCUT2D eigenvalue weighted by molar-refractivity contribution is 0.467. The molecule has 0 aliphatic carbocycles. The molecule has 1 aromatic heterocycles. The third-order valence-corrected chi connectivity index (χ3v) is 5.60. The van der Waals surface area contributed by atoms with Crippen LogP contribution < -0.4 is 15.5 Å². The molecule has 1 aliphatic heterocycles. The lowest BCUT2D eigenvalue weighted by Gasteiger charge is -2.28. The maximum absolute atomic E-state index is 10.6. The molecule has 0 radical (unpaired) electrons. The number of nitrogens with two attached hydrogens (primary N) is 1. The number of nitrogens with zero attached hydrogens (tertiary/aromatic N) is 2. The molecule has 1 aliphatic rings. The summed E-state index contributed by atoms with van der Waals surface area (Å²) in [6.07, 6.45) is -0.0844. The highest BCUT2D eigenvalue weighted by Gasteiger charge is 2.37. The number of anilines is 3. The van der Waals surface area contributed by atoms with Crippen molar-refractivity contribution in [3.05, 3.63) is 46.5 Å². The van der Waals surface area contributed by atoms with Gasteiger partial charge in [-0.2, -0.15) is 0 Å². The highest BCUT2D eigenvalue weighted by molar-refractivity contribution is 5.95. The molecule has 2 aromatic carbocycles. The highest BCUT2D eigenvalue weighted by atomic mass is 16.3. The van der Waals surface area contributed by atoms with Crippen molar-refractivity contribution in [2.45, 2.75) is 26.9 Å². The molecule has 2 heterocycles. The number of aromatic hydroxyl groups is 1. The maximum atomic E-state index is 10.6. The summed E-state index contributed by atoms with van der Waals surface area (Å²) in [4.78, 5) is 4.39. The number of benzene rings is 2. The van der Waals surface area contributed by atoms with E-state index >= 15 is 0 Å². The zero-order chi connectivity index (χ0) is 18.0. The molecular weight excluding hydrogens is 314 g/mol. The van der Waals surface area contributed by atoms with E-state index in [2.05, 4.69) is 36.0 Å². The van der Waals surface area contributed by atoms with Crippen molar-refractivity contribution >= 4 is 28.2 Å². The van der Waals surface area contributed by atoms with Gasteiger partial charge in [-0.1, -0.05) is 12.1 Å². The van der Waals surface area contributed by atoms with Gasteiger partial charge >= 0.3 is 0 Å². The van der Waals surface area contributed by atoms with Gasteiger partial charge in [-0.15, -0.1) is 0 Å². The Bertz CT molecular complexity index is 977. The van der Waals surface area contributed by atoms with Crippen LogP contribution in [0.25, 0.3) is 11.0 Å². The van der Waals surface area contributed by atoms with Crippen LogP contribution in [0.2, 0.25) is 0 Å². The van der Waals surface area contributed by atoms with E-state index in [1.165, 1.54) is 0 Å². The van der Waals surface area contributed by atoms with Crippen LogP contribution in [0.4, 0.5) is 17.3 Å². The number of aryl methyl sites for hydroxylation is 2. The first kappa shape index (κ1) is 15.7.